The maximum absolute atomic E-state index is 12.6. The van der Waals surface area contributed by atoms with E-state index in [0.29, 0.717) is 0 Å². The van der Waals surface area contributed by atoms with Gasteiger partial charge in [0.1, 0.15) is 0 Å². The second-order valence-electron chi connectivity index (χ2n) is 4.50. The van der Waals surface area contributed by atoms with Crippen LogP contribution in [0.4, 0.5) is 13.2 Å². The minimum absolute atomic E-state index is 0.0104. The summed E-state index contributed by atoms with van der Waals surface area (Å²) in [5.41, 5.74) is -0.0227. The van der Waals surface area contributed by atoms with Crippen LogP contribution in [0.2, 0.25) is 0 Å². The number of hydrogen-bond acceptors (Lipinski definition) is 3. The molecule has 1 N–H and O–H groups in total. The summed E-state index contributed by atoms with van der Waals surface area (Å²) in [6.07, 6.45) is -4.46. The molecule has 0 saturated carbocycles. The van der Waals surface area contributed by atoms with Crippen molar-refractivity contribution in [3.05, 3.63) is 51.0 Å². The predicted octanol–water partition coefficient (Wildman–Crippen LogP) is 3.71. The average molecular weight is 314 g/mol. The van der Waals surface area contributed by atoms with Gasteiger partial charge < -0.3 is 5.32 Å². The fourth-order valence-electron chi connectivity index (χ4n) is 1.84. The highest BCUT2D eigenvalue weighted by Gasteiger charge is 2.30. The van der Waals surface area contributed by atoms with Crippen LogP contribution in [-0.2, 0) is 12.7 Å². The van der Waals surface area contributed by atoms with Crippen LogP contribution >= 0.6 is 11.3 Å². The summed E-state index contributed by atoms with van der Waals surface area (Å²) in [5, 5.41) is 3.50. The Kier molecular flexibility index (Phi) is 4.32. The van der Waals surface area contributed by atoms with Gasteiger partial charge in [0, 0.05) is 10.4 Å². The van der Waals surface area contributed by atoms with E-state index in [1.165, 1.54) is 23.5 Å². The molecule has 2 aromatic rings. The van der Waals surface area contributed by atoms with Gasteiger partial charge >= 0.3 is 6.18 Å². The third-order valence-corrected chi connectivity index (χ3v) is 3.93. The first kappa shape index (κ1) is 15.5. The van der Waals surface area contributed by atoms with Crippen LogP contribution in [0.5, 0.6) is 0 Å². The lowest BCUT2D eigenvalue weighted by Crippen LogP contribution is -2.23. The lowest BCUT2D eigenvalue weighted by Gasteiger charge is -2.09. The molecule has 0 aliphatic rings. The predicted molar refractivity (Wildman–Crippen MR) is 74.2 cm³/mol. The molecule has 2 rings (SSSR count). The molecular formula is C14H13F3N2OS. The molecule has 21 heavy (non-hydrogen) atoms. The lowest BCUT2D eigenvalue weighted by atomic mass is 10.1. The standard InChI is InChI=1S/C14H13F3N2OS/c1-8-12(21-9(2)19-8)7-18-13(20)10-4-3-5-11(6-10)14(15,16)17/h3-6H,7H2,1-2H3,(H,18,20). The Balaban J connectivity index is 2.09. The second-order valence-corrected chi connectivity index (χ2v) is 5.79. The molecule has 1 aromatic carbocycles. The van der Waals surface area contributed by atoms with Crippen molar-refractivity contribution in [3.8, 4) is 0 Å². The molecule has 3 nitrogen and oxygen atoms in total. The fourth-order valence-corrected chi connectivity index (χ4v) is 2.71. The van der Waals surface area contributed by atoms with E-state index in [0.717, 1.165) is 27.7 Å². The van der Waals surface area contributed by atoms with Gasteiger partial charge in [0.25, 0.3) is 5.91 Å². The molecule has 1 amide bonds. The molecule has 0 spiro atoms. The van der Waals surface area contributed by atoms with E-state index in [1.807, 2.05) is 13.8 Å². The largest absolute Gasteiger partial charge is 0.416 e. The third-order valence-electron chi connectivity index (χ3n) is 2.86. The maximum atomic E-state index is 12.6. The smallest absolute Gasteiger partial charge is 0.347 e. The van der Waals surface area contributed by atoms with Gasteiger partial charge in [-0.15, -0.1) is 11.3 Å². The Morgan fingerprint density at radius 1 is 1.33 bits per heavy atom. The molecule has 7 heteroatoms. The third kappa shape index (κ3) is 3.81. The molecular weight excluding hydrogens is 301 g/mol. The Labute approximate surface area is 123 Å². The van der Waals surface area contributed by atoms with E-state index in [-0.39, 0.29) is 12.1 Å². The van der Waals surface area contributed by atoms with Crippen LogP contribution in [-0.4, -0.2) is 10.9 Å². The molecule has 0 saturated heterocycles. The molecule has 0 atom stereocenters. The number of carbonyl (C=O) groups is 1. The minimum atomic E-state index is -4.46. The lowest BCUT2D eigenvalue weighted by molar-refractivity contribution is -0.137. The number of thiazole rings is 1. The van der Waals surface area contributed by atoms with Crippen molar-refractivity contribution in [1.29, 1.82) is 0 Å². The highest BCUT2D eigenvalue weighted by Crippen LogP contribution is 2.29. The summed E-state index contributed by atoms with van der Waals surface area (Å²) >= 11 is 1.45. The Morgan fingerprint density at radius 3 is 2.62 bits per heavy atom. The maximum Gasteiger partial charge on any atom is 0.416 e. The zero-order chi connectivity index (χ0) is 15.6. The van der Waals surface area contributed by atoms with Gasteiger partial charge in [-0.05, 0) is 32.0 Å². The van der Waals surface area contributed by atoms with E-state index in [4.69, 9.17) is 0 Å². The van der Waals surface area contributed by atoms with Crippen LogP contribution in [0.1, 0.15) is 31.5 Å². The van der Waals surface area contributed by atoms with E-state index in [2.05, 4.69) is 10.3 Å². The molecule has 1 heterocycles. The van der Waals surface area contributed by atoms with Crippen LogP contribution in [0.25, 0.3) is 0 Å². The van der Waals surface area contributed by atoms with Gasteiger partial charge in [0.15, 0.2) is 0 Å². The number of nitrogens with zero attached hydrogens (tertiary/aromatic N) is 1. The Bertz CT molecular complexity index is 664. The first-order valence-electron chi connectivity index (χ1n) is 6.16. The first-order valence-corrected chi connectivity index (χ1v) is 6.97. The van der Waals surface area contributed by atoms with Crippen molar-refractivity contribution in [2.45, 2.75) is 26.6 Å². The Morgan fingerprint density at radius 2 is 2.05 bits per heavy atom. The van der Waals surface area contributed by atoms with E-state index < -0.39 is 17.6 Å². The number of carbonyl (C=O) groups excluding carboxylic acids is 1. The van der Waals surface area contributed by atoms with E-state index in [9.17, 15) is 18.0 Å². The molecule has 0 aliphatic carbocycles. The number of halogens is 3. The zero-order valence-corrected chi connectivity index (χ0v) is 12.2. The number of nitrogens with one attached hydrogen (secondary N) is 1. The monoisotopic (exact) mass is 314 g/mol. The minimum Gasteiger partial charge on any atom is -0.347 e. The number of benzene rings is 1. The normalized spacial score (nSPS) is 11.5. The molecule has 0 radical (unpaired) electrons. The SMILES string of the molecule is Cc1nc(C)c(CNC(=O)c2cccc(C(F)(F)F)c2)s1. The highest BCUT2D eigenvalue weighted by molar-refractivity contribution is 7.11. The first-order chi connectivity index (χ1) is 9.77. The van der Waals surface area contributed by atoms with Gasteiger partial charge in [-0.1, -0.05) is 6.07 Å². The molecule has 0 bridgehead atoms. The second kappa shape index (κ2) is 5.85. The zero-order valence-electron chi connectivity index (χ0n) is 11.4. The summed E-state index contributed by atoms with van der Waals surface area (Å²) in [6, 6.07) is 4.36. The molecule has 0 aliphatic heterocycles. The molecule has 112 valence electrons. The summed E-state index contributed by atoms with van der Waals surface area (Å²) in [4.78, 5) is 17.0. The number of alkyl halides is 3. The number of hydrogen-bond donors (Lipinski definition) is 1. The summed E-state index contributed by atoms with van der Waals surface area (Å²) in [5.74, 6) is -0.536. The van der Waals surface area contributed by atoms with Crippen LogP contribution in [0, 0.1) is 13.8 Å². The number of aryl methyl sites for hydroxylation is 2. The van der Waals surface area contributed by atoms with Crippen LogP contribution in [0.3, 0.4) is 0 Å². The molecule has 0 unspecified atom stereocenters. The number of aromatic nitrogens is 1. The highest BCUT2D eigenvalue weighted by atomic mass is 32.1. The van der Waals surface area contributed by atoms with Crippen molar-refractivity contribution < 1.29 is 18.0 Å². The fraction of sp³-hybridized carbons (Fsp3) is 0.286. The van der Waals surface area contributed by atoms with Gasteiger partial charge in [-0.25, -0.2) is 4.98 Å². The number of rotatable bonds is 3. The average Bonchev–Trinajstić information content (AvgIpc) is 2.73. The molecule has 1 aromatic heterocycles. The van der Waals surface area contributed by atoms with Crippen molar-refractivity contribution in [3.63, 3.8) is 0 Å². The number of amides is 1. The van der Waals surface area contributed by atoms with Gasteiger partial charge in [0.05, 0.1) is 22.8 Å². The van der Waals surface area contributed by atoms with Gasteiger partial charge in [-0.3, -0.25) is 4.79 Å². The van der Waals surface area contributed by atoms with Crippen LogP contribution in [0.15, 0.2) is 24.3 Å². The van der Waals surface area contributed by atoms with Crippen molar-refractivity contribution in [2.24, 2.45) is 0 Å². The van der Waals surface area contributed by atoms with Crippen molar-refractivity contribution in [1.82, 2.24) is 10.3 Å². The Hall–Kier alpha value is -1.89. The summed E-state index contributed by atoms with van der Waals surface area (Å²) in [7, 11) is 0. The van der Waals surface area contributed by atoms with Gasteiger partial charge in [-0.2, -0.15) is 13.2 Å². The summed E-state index contributed by atoms with van der Waals surface area (Å²) < 4.78 is 37.8. The van der Waals surface area contributed by atoms with Crippen molar-refractivity contribution in [2.75, 3.05) is 0 Å². The van der Waals surface area contributed by atoms with Crippen LogP contribution < -0.4 is 5.32 Å². The van der Waals surface area contributed by atoms with Crippen molar-refractivity contribution >= 4 is 17.2 Å². The summed E-state index contributed by atoms with van der Waals surface area (Å²) in [6.45, 7) is 3.94. The van der Waals surface area contributed by atoms with E-state index in [1.54, 1.807) is 0 Å². The topological polar surface area (TPSA) is 42.0 Å². The quantitative estimate of drug-likeness (QED) is 0.938. The van der Waals surface area contributed by atoms with E-state index >= 15 is 0 Å². The van der Waals surface area contributed by atoms with Gasteiger partial charge in [0.2, 0.25) is 0 Å². The molecule has 0 fully saturated rings.